The van der Waals surface area contributed by atoms with E-state index in [2.05, 4.69) is 48.2 Å². The average molecular weight is 300 g/mol. The minimum absolute atomic E-state index is 0.191. The summed E-state index contributed by atoms with van der Waals surface area (Å²) in [4.78, 5) is 8.45. The van der Waals surface area contributed by atoms with Gasteiger partial charge in [-0.05, 0) is 31.0 Å². The highest BCUT2D eigenvalue weighted by molar-refractivity contribution is 5.27. The van der Waals surface area contributed by atoms with Crippen LogP contribution in [0.4, 0.5) is 0 Å². The van der Waals surface area contributed by atoms with E-state index in [0.29, 0.717) is 12.1 Å². The molecule has 0 saturated heterocycles. The van der Waals surface area contributed by atoms with Crippen molar-refractivity contribution in [1.29, 1.82) is 0 Å². The maximum absolute atomic E-state index is 5.78. The van der Waals surface area contributed by atoms with Gasteiger partial charge in [0, 0.05) is 43.2 Å². The topological polar surface area (TPSA) is 52.0 Å². The molecule has 118 valence electrons. The number of hydrogen-bond acceptors (Lipinski definition) is 4. The Bertz CT molecular complexity index is 609. The van der Waals surface area contributed by atoms with E-state index in [-0.39, 0.29) is 5.41 Å². The van der Waals surface area contributed by atoms with E-state index in [0.717, 1.165) is 25.4 Å². The number of imidazole rings is 1. The molecule has 0 radical (unpaired) electrons. The van der Waals surface area contributed by atoms with Crippen LogP contribution in [0.25, 0.3) is 5.82 Å². The zero-order valence-corrected chi connectivity index (χ0v) is 13.5. The third-order valence-electron chi connectivity index (χ3n) is 4.68. The van der Waals surface area contributed by atoms with Crippen LogP contribution in [0, 0.1) is 5.41 Å². The monoisotopic (exact) mass is 300 g/mol. The Balaban J connectivity index is 1.60. The van der Waals surface area contributed by atoms with Gasteiger partial charge in [-0.25, -0.2) is 9.97 Å². The van der Waals surface area contributed by atoms with Crippen molar-refractivity contribution in [2.45, 2.75) is 45.9 Å². The van der Waals surface area contributed by atoms with Crippen LogP contribution in [-0.4, -0.2) is 33.3 Å². The first-order valence-corrected chi connectivity index (χ1v) is 7.89. The van der Waals surface area contributed by atoms with Crippen LogP contribution >= 0.6 is 0 Å². The SMILES string of the molecule is CCO[C@@H]1C[C@@H](NCc2ccnc(-n3ccnc3)c2)C1(C)C. The molecule has 3 rings (SSSR count). The highest BCUT2D eigenvalue weighted by atomic mass is 16.5. The molecule has 1 saturated carbocycles. The number of nitrogens with zero attached hydrogens (tertiary/aromatic N) is 3. The molecule has 0 unspecified atom stereocenters. The third-order valence-corrected chi connectivity index (χ3v) is 4.68. The molecule has 0 aromatic carbocycles. The second-order valence-electron chi connectivity index (χ2n) is 6.43. The quantitative estimate of drug-likeness (QED) is 0.891. The van der Waals surface area contributed by atoms with Crippen molar-refractivity contribution < 1.29 is 4.74 Å². The maximum atomic E-state index is 5.78. The van der Waals surface area contributed by atoms with Crippen LogP contribution in [0.5, 0.6) is 0 Å². The summed E-state index contributed by atoms with van der Waals surface area (Å²) in [6, 6.07) is 4.65. The van der Waals surface area contributed by atoms with Crippen molar-refractivity contribution in [3.8, 4) is 5.82 Å². The van der Waals surface area contributed by atoms with Gasteiger partial charge in [0.1, 0.15) is 12.1 Å². The average Bonchev–Trinajstić information content (AvgIpc) is 3.05. The lowest BCUT2D eigenvalue weighted by atomic mass is 9.64. The first-order valence-electron chi connectivity index (χ1n) is 7.89. The van der Waals surface area contributed by atoms with Crippen LogP contribution < -0.4 is 5.32 Å². The molecule has 5 nitrogen and oxygen atoms in total. The lowest BCUT2D eigenvalue weighted by molar-refractivity contribution is -0.114. The molecule has 0 bridgehead atoms. The van der Waals surface area contributed by atoms with Gasteiger partial charge < -0.3 is 10.1 Å². The second-order valence-corrected chi connectivity index (χ2v) is 6.43. The summed E-state index contributed by atoms with van der Waals surface area (Å²) in [5.74, 6) is 0.900. The van der Waals surface area contributed by atoms with Gasteiger partial charge in [0.15, 0.2) is 0 Å². The predicted molar refractivity (Wildman–Crippen MR) is 85.8 cm³/mol. The highest BCUT2D eigenvalue weighted by Crippen LogP contribution is 2.42. The fraction of sp³-hybridized carbons (Fsp3) is 0.529. The summed E-state index contributed by atoms with van der Waals surface area (Å²) < 4.78 is 7.70. The molecule has 2 aromatic heterocycles. The molecule has 0 amide bonds. The minimum atomic E-state index is 0.191. The van der Waals surface area contributed by atoms with E-state index in [4.69, 9.17) is 4.74 Å². The number of ether oxygens (including phenoxy) is 1. The van der Waals surface area contributed by atoms with Crippen molar-refractivity contribution >= 4 is 0 Å². The highest BCUT2D eigenvalue weighted by Gasteiger charge is 2.48. The molecule has 5 heteroatoms. The molecular weight excluding hydrogens is 276 g/mol. The van der Waals surface area contributed by atoms with Gasteiger partial charge in [-0.2, -0.15) is 0 Å². The first-order chi connectivity index (χ1) is 10.6. The summed E-state index contributed by atoms with van der Waals surface area (Å²) in [6.45, 7) is 8.25. The van der Waals surface area contributed by atoms with Gasteiger partial charge in [0.25, 0.3) is 0 Å². The van der Waals surface area contributed by atoms with E-state index in [9.17, 15) is 0 Å². The zero-order chi connectivity index (χ0) is 15.6. The standard InChI is InChI=1S/C17H24N4O/c1-4-22-15-10-14(17(15,2)3)20-11-13-5-6-19-16(9-13)21-8-7-18-12-21/h5-9,12,14-15,20H,4,10-11H2,1-3H3/t14-,15-/m1/s1. The summed E-state index contributed by atoms with van der Waals surface area (Å²) in [7, 11) is 0. The Morgan fingerprint density at radius 2 is 2.27 bits per heavy atom. The zero-order valence-electron chi connectivity index (χ0n) is 13.5. The Labute approximate surface area is 131 Å². The Morgan fingerprint density at radius 1 is 1.41 bits per heavy atom. The molecule has 1 aliphatic rings. The van der Waals surface area contributed by atoms with Gasteiger partial charge in [-0.1, -0.05) is 13.8 Å². The number of hydrogen-bond donors (Lipinski definition) is 1. The van der Waals surface area contributed by atoms with E-state index in [1.807, 2.05) is 17.0 Å². The number of aromatic nitrogens is 3. The van der Waals surface area contributed by atoms with Gasteiger partial charge in [0.2, 0.25) is 0 Å². The van der Waals surface area contributed by atoms with Crippen molar-refractivity contribution in [3.63, 3.8) is 0 Å². The number of pyridine rings is 1. The molecule has 1 N–H and O–H groups in total. The first kappa shape index (κ1) is 15.2. The second kappa shape index (κ2) is 6.18. The summed E-state index contributed by atoms with van der Waals surface area (Å²) in [5, 5.41) is 3.65. The van der Waals surface area contributed by atoms with Gasteiger partial charge >= 0.3 is 0 Å². The molecule has 1 fully saturated rings. The summed E-state index contributed by atoms with van der Waals surface area (Å²) in [5.41, 5.74) is 1.42. The van der Waals surface area contributed by atoms with Crippen LogP contribution in [0.15, 0.2) is 37.1 Å². The van der Waals surface area contributed by atoms with E-state index >= 15 is 0 Å². The Morgan fingerprint density at radius 3 is 2.95 bits per heavy atom. The largest absolute Gasteiger partial charge is 0.378 e. The third kappa shape index (κ3) is 2.91. The minimum Gasteiger partial charge on any atom is -0.378 e. The molecule has 2 aromatic rings. The lowest BCUT2D eigenvalue weighted by Gasteiger charge is -2.52. The molecule has 2 heterocycles. The molecule has 22 heavy (non-hydrogen) atoms. The van der Waals surface area contributed by atoms with Gasteiger partial charge in [0.05, 0.1) is 6.10 Å². The fourth-order valence-electron chi connectivity index (χ4n) is 3.06. The van der Waals surface area contributed by atoms with Crippen LogP contribution in [0.3, 0.4) is 0 Å². The maximum Gasteiger partial charge on any atom is 0.138 e. The van der Waals surface area contributed by atoms with Crippen molar-refractivity contribution in [2.24, 2.45) is 5.41 Å². The van der Waals surface area contributed by atoms with Crippen LogP contribution in [0.2, 0.25) is 0 Å². The fourth-order valence-corrected chi connectivity index (χ4v) is 3.06. The molecular formula is C17H24N4O. The normalized spacial score (nSPS) is 23.2. The summed E-state index contributed by atoms with van der Waals surface area (Å²) in [6.07, 6.45) is 8.73. The van der Waals surface area contributed by atoms with Gasteiger partial charge in [-0.15, -0.1) is 0 Å². The number of rotatable bonds is 6. The smallest absolute Gasteiger partial charge is 0.138 e. The van der Waals surface area contributed by atoms with Crippen LogP contribution in [0.1, 0.15) is 32.8 Å². The molecule has 0 aliphatic heterocycles. The van der Waals surface area contributed by atoms with Crippen molar-refractivity contribution in [2.75, 3.05) is 6.61 Å². The number of nitrogens with one attached hydrogen (secondary N) is 1. The molecule has 0 spiro atoms. The molecule has 1 aliphatic carbocycles. The Hall–Kier alpha value is -1.72. The van der Waals surface area contributed by atoms with Crippen LogP contribution in [-0.2, 0) is 11.3 Å². The van der Waals surface area contributed by atoms with Gasteiger partial charge in [-0.3, -0.25) is 4.57 Å². The molecule has 2 atom stereocenters. The Kier molecular flexibility index (Phi) is 4.27. The predicted octanol–water partition coefficient (Wildman–Crippen LogP) is 2.56. The van der Waals surface area contributed by atoms with E-state index < -0.39 is 0 Å². The van der Waals surface area contributed by atoms with E-state index in [1.165, 1.54) is 5.56 Å². The van der Waals surface area contributed by atoms with Crippen molar-refractivity contribution in [1.82, 2.24) is 19.9 Å². The van der Waals surface area contributed by atoms with E-state index in [1.54, 1.807) is 12.5 Å². The summed E-state index contributed by atoms with van der Waals surface area (Å²) >= 11 is 0. The van der Waals surface area contributed by atoms with Crippen molar-refractivity contribution in [3.05, 3.63) is 42.6 Å². The lowest BCUT2D eigenvalue weighted by Crippen LogP contribution is -2.60.